The number of carbonyl (C=O) groups is 1. The van der Waals surface area contributed by atoms with Gasteiger partial charge in [-0.05, 0) is 70.3 Å². The lowest BCUT2D eigenvalue weighted by Crippen LogP contribution is -2.66. The van der Waals surface area contributed by atoms with Crippen LogP contribution in [0, 0.1) is 5.82 Å². The molecule has 2 fully saturated rings. The van der Waals surface area contributed by atoms with Gasteiger partial charge in [-0.3, -0.25) is 4.90 Å². The van der Waals surface area contributed by atoms with Crippen molar-refractivity contribution in [2.24, 2.45) is 0 Å². The Kier molecular flexibility index (Phi) is 8.15. The molecule has 0 spiro atoms. The minimum Gasteiger partial charge on any atom is -0.444 e. The van der Waals surface area contributed by atoms with Crippen LogP contribution >= 0.6 is 34.8 Å². The minimum absolute atomic E-state index is 0.0262. The zero-order chi connectivity index (χ0) is 29.2. The van der Waals surface area contributed by atoms with Crippen molar-refractivity contribution in [2.75, 3.05) is 11.4 Å². The molecule has 4 atom stereocenters. The Labute approximate surface area is 245 Å². The van der Waals surface area contributed by atoms with Crippen molar-refractivity contribution in [3.05, 3.63) is 21.4 Å². The number of amides is 1. The highest BCUT2D eigenvalue weighted by Crippen LogP contribution is 2.44. The standard InChI is InChI=1S/C26H37Cl3FN5O3Si/c1-13(38-39(8,9)26(5,6)7)19-15-11-10-14(35(15)24(36)37-25(2,3)4)12-34(19)22-16-18(31-23(29)33-22)17(30)21(28)32-20(16)27/h13-15,19H,10-12H2,1-9H3/t13-,14-,15-,19+/m0/s1. The van der Waals surface area contributed by atoms with Crippen LogP contribution in [0.5, 0.6) is 0 Å². The molecule has 1 amide bonds. The molecule has 0 radical (unpaired) electrons. The molecule has 2 bridgehead atoms. The maximum atomic E-state index is 15.1. The number of anilines is 1. The number of halogens is 4. The van der Waals surface area contributed by atoms with Crippen LogP contribution in [0.15, 0.2) is 0 Å². The number of hydrogen-bond acceptors (Lipinski definition) is 7. The molecule has 0 N–H and O–H groups in total. The van der Waals surface area contributed by atoms with Crippen molar-refractivity contribution in [2.45, 2.75) is 109 Å². The van der Waals surface area contributed by atoms with Gasteiger partial charge in [0.15, 0.2) is 19.3 Å². The van der Waals surface area contributed by atoms with Gasteiger partial charge in [-0.2, -0.15) is 4.98 Å². The van der Waals surface area contributed by atoms with E-state index >= 15 is 4.39 Å². The molecule has 0 saturated carbocycles. The lowest BCUT2D eigenvalue weighted by molar-refractivity contribution is -0.000167. The van der Waals surface area contributed by atoms with E-state index in [-0.39, 0.29) is 56.7 Å². The fourth-order valence-corrected chi connectivity index (χ4v) is 7.42. The first-order valence-corrected chi connectivity index (χ1v) is 17.2. The first-order chi connectivity index (χ1) is 17.8. The number of aromatic nitrogens is 3. The van der Waals surface area contributed by atoms with Crippen LogP contribution in [0.3, 0.4) is 0 Å². The van der Waals surface area contributed by atoms with Gasteiger partial charge in [0.1, 0.15) is 22.1 Å². The normalized spacial score (nSPS) is 22.9. The topological polar surface area (TPSA) is 80.7 Å². The van der Waals surface area contributed by atoms with Crippen LogP contribution in [0.2, 0.25) is 33.7 Å². The van der Waals surface area contributed by atoms with Crippen molar-refractivity contribution in [3.8, 4) is 0 Å². The highest BCUT2D eigenvalue weighted by molar-refractivity contribution is 6.74. The summed E-state index contributed by atoms with van der Waals surface area (Å²) in [5, 5.41) is -0.385. The molecular weight excluding hydrogens is 584 g/mol. The number of nitrogens with zero attached hydrogens (tertiary/aromatic N) is 5. The van der Waals surface area contributed by atoms with Gasteiger partial charge in [0.25, 0.3) is 0 Å². The second kappa shape index (κ2) is 10.4. The molecule has 4 heterocycles. The van der Waals surface area contributed by atoms with Crippen LogP contribution in [-0.2, 0) is 9.16 Å². The number of carbonyl (C=O) groups excluding carboxylic acids is 1. The fraction of sp³-hybridized carbons (Fsp3) is 0.692. The van der Waals surface area contributed by atoms with Crippen molar-refractivity contribution >= 4 is 65.9 Å². The summed E-state index contributed by atoms with van der Waals surface area (Å²) in [6, 6.07) is -0.755. The maximum Gasteiger partial charge on any atom is 0.410 e. The van der Waals surface area contributed by atoms with Gasteiger partial charge >= 0.3 is 6.09 Å². The molecule has 0 unspecified atom stereocenters. The minimum atomic E-state index is -2.23. The monoisotopic (exact) mass is 619 g/mol. The summed E-state index contributed by atoms with van der Waals surface area (Å²) in [5.74, 6) is -0.478. The highest BCUT2D eigenvalue weighted by atomic mass is 35.5. The smallest absolute Gasteiger partial charge is 0.410 e. The van der Waals surface area contributed by atoms with Crippen LogP contribution < -0.4 is 4.90 Å². The third-order valence-electron chi connectivity index (χ3n) is 8.01. The van der Waals surface area contributed by atoms with Crippen molar-refractivity contribution in [1.29, 1.82) is 0 Å². The van der Waals surface area contributed by atoms with Crippen LogP contribution in [0.25, 0.3) is 10.9 Å². The molecule has 2 aliphatic rings. The Morgan fingerprint density at radius 2 is 1.69 bits per heavy atom. The highest BCUT2D eigenvalue weighted by Gasteiger charge is 2.53. The second-order valence-corrected chi connectivity index (χ2v) is 18.8. The number of fused-ring (bicyclic) bond motifs is 3. The van der Waals surface area contributed by atoms with Crippen LogP contribution in [0.4, 0.5) is 15.0 Å². The maximum absolute atomic E-state index is 15.1. The van der Waals surface area contributed by atoms with Gasteiger partial charge in [-0.1, -0.05) is 44.0 Å². The van der Waals surface area contributed by atoms with E-state index in [0.717, 1.165) is 12.8 Å². The Hall–Kier alpha value is -1.46. The van der Waals surface area contributed by atoms with E-state index in [0.29, 0.717) is 12.4 Å². The Balaban J connectivity index is 1.87. The average Bonchev–Trinajstić information content (AvgIpc) is 3.08. The van der Waals surface area contributed by atoms with Gasteiger partial charge in [0.2, 0.25) is 5.28 Å². The molecule has 216 valence electrons. The molecule has 0 aliphatic carbocycles. The number of ether oxygens (including phenoxy) is 1. The van der Waals surface area contributed by atoms with E-state index in [1.807, 2.05) is 37.5 Å². The summed E-state index contributed by atoms with van der Waals surface area (Å²) in [4.78, 5) is 29.9. The van der Waals surface area contributed by atoms with Gasteiger partial charge in [0.05, 0.1) is 29.6 Å². The largest absolute Gasteiger partial charge is 0.444 e. The van der Waals surface area contributed by atoms with E-state index in [4.69, 9.17) is 44.0 Å². The predicted octanol–water partition coefficient (Wildman–Crippen LogP) is 7.49. The Morgan fingerprint density at radius 3 is 2.28 bits per heavy atom. The lowest BCUT2D eigenvalue weighted by Gasteiger charge is -2.51. The van der Waals surface area contributed by atoms with Crippen molar-refractivity contribution in [1.82, 2.24) is 19.9 Å². The lowest BCUT2D eigenvalue weighted by atomic mass is 9.97. The average molecular weight is 621 g/mol. The van der Waals surface area contributed by atoms with E-state index in [9.17, 15) is 4.79 Å². The summed E-state index contributed by atoms with van der Waals surface area (Å²) in [6.07, 6.45) is 0.834. The first kappa shape index (κ1) is 30.5. The molecule has 2 saturated heterocycles. The molecule has 13 heteroatoms. The van der Waals surface area contributed by atoms with Gasteiger partial charge in [-0.15, -0.1) is 0 Å². The van der Waals surface area contributed by atoms with Crippen LogP contribution in [0.1, 0.15) is 61.3 Å². The zero-order valence-corrected chi connectivity index (χ0v) is 27.2. The van der Waals surface area contributed by atoms with Crippen LogP contribution in [-0.4, -0.2) is 70.6 Å². The van der Waals surface area contributed by atoms with E-state index in [1.165, 1.54) is 0 Å². The number of rotatable bonds is 4. The Bertz CT molecular complexity index is 1290. The zero-order valence-electron chi connectivity index (χ0n) is 23.9. The van der Waals surface area contributed by atoms with Gasteiger partial charge in [0, 0.05) is 6.54 Å². The quantitative estimate of drug-likeness (QED) is 0.199. The fourth-order valence-electron chi connectivity index (χ4n) is 5.36. The first-order valence-electron chi connectivity index (χ1n) is 13.2. The van der Waals surface area contributed by atoms with Crippen molar-refractivity contribution in [3.63, 3.8) is 0 Å². The molecular formula is C26H37Cl3FN5O3Si. The number of piperazine rings is 1. The van der Waals surface area contributed by atoms with E-state index in [1.54, 1.807) is 0 Å². The molecule has 2 aliphatic heterocycles. The molecule has 0 aromatic carbocycles. The molecule has 39 heavy (non-hydrogen) atoms. The van der Waals surface area contributed by atoms with Crippen molar-refractivity contribution < 1.29 is 18.3 Å². The summed E-state index contributed by atoms with van der Waals surface area (Å²) >= 11 is 18.8. The molecule has 8 nitrogen and oxygen atoms in total. The Morgan fingerprint density at radius 1 is 1.05 bits per heavy atom. The molecule has 2 aromatic heterocycles. The number of pyridine rings is 1. The summed E-state index contributed by atoms with van der Waals surface area (Å²) < 4.78 is 27.8. The number of hydrogen-bond donors (Lipinski definition) is 0. The second-order valence-electron chi connectivity index (χ2n) is 13.0. The predicted molar refractivity (Wildman–Crippen MR) is 156 cm³/mol. The third-order valence-corrected chi connectivity index (χ3v) is 13.3. The summed E-state index contributed by atoms with van der Waals surface area (Å²) in [6.45, 7) is 18.9. The summed E-state index contributed by atoms with van der Waals surface area (Å²) in [7, 11) is -2.23. The third kappa shape index (κ3) is 5.82. The summed E-state index contributed by atoms with van der Waals surface area (Å²) in [5.41, 5.74) is -0.743. The van der Waals surface area contributed by atoms with E-state index in [2.05, 4.69) is 48.8 Å². The molecule has 4 rings (SSSR count). The molecule has 2 aromatic rings. The van der Waals surface area contributed by atoms with Gasteiger partial charge < -0.3 is 14.1 Å². The SMILES string of the molecule is C[C@H](O[Si](C)(C)C(C)(C)C)[C@@H]1[C@@H]2CC[C@@H](CN1c1nc(Cl)nc3c(F)c(Cl)nc(Cl)c13)N2C(=O)OC(C)(C)C. The van der Waals surface area contributed by atoms with E-state index < -0.39 is 24.9 Å². The van der Waals surface area contributed by atoms with Gasteiger partial charge in [-0.25, -0.2) is 19.2 Å².